The molecule has 1 spiro atoms. The molecule has 0 unspecified atom stereocenters. The van der Waals surface area contributed by atoms with Gasteiger partial charge in [0.2, 0.25) is 5.91 Å². The largest absolute Gasteiger partial charge is 0.469 e. The number of carbonyl (C=O) groups is 2. The smallest absolute Gasteiger partial charge is 0.309 e. The number of nitrogens with zero attached hydrogens (tertiary/aromatic N) is 1. The van der Waals surface area contributed by atoms with E-state index in [1.807, 2.05) is 4.90 Å². The lowest BCUT2D eigenvalue weighted by molar-refractivity contribution is -0.143. The first-order valence-corrected chi connectivity index (χ1v) is 5.97. The third-order valence-electron chi connectivity index (χ3n) is 4.06. The summed E-state index contributed by atoms with van der Waals surface area (Å²) in [6.07, 6.45) is 2.73. The van der Waals surface area contributed by atoms with Gasteiger partial charge in [-0.3, -0.25) is 9.59 Å². The zero-order valence-electron chi connectivity index (χ0n) is 10.4. The molecule has 0 aromatic carbocycles. The molecule has 0 N–H and O–H groups in total. The van der Waals surface area contributed by atoms with E-state index in [0.29, 0.717) is 0 Å². The highest BCUT2D eigenvalue weighted by atomic mass is 16.5. The Bertz CT molecular complexity index is 320. The standard InChI is InChI=1S/C12H19NO4/c1-16-8-10(14)13-5-3-12(4-6-13)7-9(12)11(15)17-2/h9H,3-8H2,1-2H3/t9-/m1/s1. The van der Waals surface area contributed by atoms with Crippen LogP contribution < -0.4 is 0 Å². The molecule has 1 saturated heterocycles. The summed E-state index contributed by atoms with van der Waals surface area (Å²) in [4.78, 5) is 24.9. The number of amides is 1. The molecule has 0 bridgehead atoms. The van der Waals surface area contributed by atoms with Crippen molar-refractivity contribution in [2.75, 3.05) is 33.9 Å². The monoisotopic (exact) mass is 241 g/mol. The van der Waals surface area contributed by atoms with Crippen molar-refractivity contribution in [1.29, 1.82) is 0 Å². The topological polar surface area (TPSA) is 55.8 Å². The van der Waals surface area contributed by atoms with Gasteiger partial charge in [-0.15, -0.1) is 0 Å². The highest BCUT2D eigenvalue weighted by Crippen LogP contribution is 2.59. The molecular formula is C12H19NO4. The van der Waals surface area contributed by atoms with Crippen LogP contribution in [0.5, 0.6) is 0 Å². The first kappa shape index (κ1) is 12.4. The number of methoxy groups -OCH3 is 2. The second-order valence-corrected chi connectivity index (χ2v) is 4.96. The molecule has 0 radical (unpaired) electrons. The lowest BCUT2D eigenvalue weighted by atomic mass is 9.91. The van der Waals surface area contributed by atoms with Gasteiger partial charge in [-0.05, 0) is 24.7 Å². The SMILES string of the molecule is COCC(=O)N1CCC2(CC1)C[C@@H]2C(=O)OC. The van der Waals surface area contributed by atoms with Crippen molar-refractivity contribution in [3.63, 3.8) is 0 Å². The average molecular weight is 241 g/mol. The van der Waals surface area contributed by atoms with Gasteiger partial charge < -0.3 is 14.4 Å². The number of esters is 1. The van der Waals surface area contributed by atoms with Crippen LogP contribution in [-0.4, -0.2) is 50.7 Å². The molecule has 1 aliphatic heterocycles. The molecule has 2 fully saturated rings. The quantitative estimate of drug-likeness (QED) is 0.673. The Hall–Kier alpha value is -1.10. The lowest BCUT2D eigenvalue weighted by Crippen LogP contribution is -2.41. The van der Waals surface area contributed by atoms with Gasteiger partial charge in [0.25, 0.3) is 0 Å². The van der Waals surface area contributed by atoms with E-state index in [9.17, 15) is 9.59 Å². The average Bonchev–Trinajstić information content (AvgIpc) is 3.03. The Balaban J connectivity index is 1.83. The van der Waals surface area contributed by atoms with Crippen LogP contribution in [0.15, 0.2) is 0 Å². The van der Waals surface area contributed by atoms with Crippen molar-refractivity contribution < 1.29 is 19.1 Å². The number of hydrogen-bond acceptors (Lipinski definition) is 4. The second-order valence-electron chi connectivity index (χ2n) is 4.96. The molecule has 2 aliphatic rings. The van der Waals surface area contributed by atoms with E-state index in [2.05, 4.69) is 0 Å². The Labute approximate surface area is 101 Å². The first-order valence-electron chi connectivity index (χ1n) is 5.97. The van der Waals surface area contributed by atoms with Gasteiger partial charge in [0.05, 0.1) is 13.0 Å². The number of likely N-dealkylation sites (tertiary alicyclic amines) is 1. The van der Waals surface area contributed by atoms with E-state index < -0.39 is 0 Å². The molecule has 1 heterocycles. The maximum Gasteiger partial charge on any atom is 0.309 e. The minimum atomic E-state index is -0.0957. The summed E-state index contributed by atoms with van der Waals surface area (Å²) in [6, 6.07) is 0. The maximum absolute atomic E-state index is 11.6. The summed E-state index contributed by atoms with van der Waals surface area (Å²) < 4.78 is 9.61. The van der Waals surface area contributed by atoms with Gasteiger partial charge in [0, 0.05) is 20.2 Å². The molecule has 96 valence electrons. The molecule has 1 atom stereocenters. The molecule has 17 heavy (non-hydrogen) atoms. The molecular weight excluding hydrogens is 222 g/mol. The molecule has 2 rings (SSSR count). The summed E-state index contributed by atoms with van der Waals surface area (Å²) in [5, 5.41) is 0. The summed E-state index contributed by atoms with van der Waals surface area (Å²) >= 11 is 0. The predicted octanol–water partition coefficient (Wildman–Crippen LogP) is 0.434. The van der Waals surface area contributed by atoms with E-state index in [0.717, 1.165) is 32.4 Å². The lowest BCUT2D eigenvalue weighted by Gasteiger charge is -2.32. The summed E-state index contributed by atoms with van der Waals surface area (Å²) in [7, 11) is 2.96. The number of piperidine rings is 1. The minimum absolute atomic E-state index is 0.0395. The molecule has 0 aromatic heterocycles. The summed E-state index contributed by atoms with van der Waals surface area (Å²) in [5.41, 5.74) is 0.122. The minimum Gasteiger partial charge on any atom is -0.469 e. The Morgan fingerprint density at radius 1 is 1.29 bits per heavy atom. The Kier molecular flexibility index (Phi) is 3.38. The van der Waals surface area contributed by atoms with Crippen LogP contribution in [0.25, 0.3) is 0 Å². The molecule has 1 amide bonds. The fourth-order valence-corrected chi connectivity index (χ4v) is 2.79. The van der Waals surface area contributed by atoms with Crippen LogP contribution in [0.1, 0.15) is 19.3 Å². The maximum atomic E-state index is 11.6. The fraction of sp³-hybridized carbons (Fsp3) is 0.833. The van der Waals surface area contributed by atoms with Crippen molar-refractivity contribution in [2.45, 2.75) is 19.3 Å². The highest BCUT2D eigenvalue weighted by Gasteiger charge is 2.59. The van der Waals surface area contributed by atoms with Crippen molar-refractivity contribution >= 4 is 11.9 Å². The molecule has 1 aliphatic carbocycles. The third-order valence-corrected chi connectivity index (χ3v) is 4.06. The number of ether oxygens (including phenoxy) is 2. The Morgan fingerprint density at radius 2 is 1.94 bits per heavy atom. The van der Waals surface area contributed by atoms with E-state index in [4.69, 9.17) is 9.47 Å². The summed E-state index contributed by atoms with van der Waals surface area (Å²) in [6.45, 7) is 1.61. The second kappa shape index (κ2) is 4.64. The third kappa shape index (κ3) is 2.29. The van der Waals surface area contributed by atoms with Crippen molar-refractivity contribution in [3.05, 3.63) is 0 Å². The normalized spacial score (nSPS) is 25.8. The zero-order chi connectivity index (χ0) is 12.5. The van der Waals surface area contributed by atoms with Crippen molar-refractivity contribution in [1.82, 2.24) is 4.90 Å². The van der Waals surface area contributed by atoms with Crippen LogP contribution in [0, 0.1) is 11.3 Å². The van der Waals surface area contributed by atoms with E-state index >= 15 is 0 Å². The van der Waals surface area contributed by atoms with Gasteiger partial charge in [0.1, 0.15) is 6.61 Å². The highest BCUT2D eigenvalue weighted by molar-refractivity contribution is 5.78. The van der Waals surface area contributed by atoms with Gasteiger partial charge in [-0.25, -0.2) is 0 Å². The molecule has 5 nitrogen and oxygen atoms in total. The molecule has 0 aromatic rings. The number of hydrogen-bond donors (Lipinski definition) is 0. The molecule has 1 saturated carbocycles. The van der Waals surface area contributed by atoms with Crippen LogP contribution >= 0.6 is 0 Å². The first-order chi connectivity index (χ1) is 8.13. The fourth-order valence-electron chi connectivity index (χ4n) is 2.79. The van der Waals surface area contributed by atoms with Crippen LogP contribution in [0.2, 0.25) is 0 Å². The zero-order valence-corrected chi connectivity index (χ0v) is 10.4. The van der Waals surface area contributed by atoms with E-state index in [1.165, 1.54) is 14.2 Å². The van der Waals surface area contributed by atoms with Gasteiger partial charge >= 0.3 is 5.97 Å². The predicted molar refractivity (Wildman–Crippen MR) is 60.2 cm³/mol. The van der Waals surface area contributed by atoms with Crippen molar-refractivity contribution in [2.24, 2.45) is 11.3 Å². The summed E-state index contributed by atoms with van der Waals surface area (Å²) in [5.74, 6) is 0.00598. The van der Waals surface area contributed by atoms with Crippen LogP contribution in [-0.2, 0) is 19.1 Å². The van der Waals surface area contributed by atoms with Crippen molar-refractivity contribution in [3.8, 4) is 0 Å². The number of rotatable bonds is 3. The van der Waals surface area contributed by atoms with E-state index in [-0.39, 0.29) is 29.8 Å². The molecule has 5 heteroatoms. The van der Waals surface area contributed by atoms with Gasteiger partial charge in [-0.1, -0.05) is 0 Å². The van der Waals surface area contributed by atoms with Crippen LogP contribution in [0.4, 0.5) is 0 Å². The van der Waals surface area contributed by atoms with E-state index in [1.54, 1.807) is 0 Å². The van der Waals surface area contributed by atoms with Gasteiger partial charge in [0.15, 0.2) is 0 Å². The van der Waals surface area contributed by atoms with Gasteiger partial charge in [-0.2, -0.15) is 0 Å². The number of carbonyl (C=O) groups excluding carboxylic acids is 2. The van der Waals surface area contributed by atoms with Crippen LogP contribution in [0.3, 0.4) is 0 Å². The Morgan fingerprint density at radius 3 is 2.47 bits per heavy atom.